The van der Waals surface area contributed by atoms with E-state index in [0.29, 0.717) is 22.5 Å². The Morgan fingerprint density at radius 1 is 1.39 bits per heavy atom. The van der Waals surface area contributed by atoms with Crippen LogP contribution in [0.15, 0.2) is 22.7 Å². The molecule has 1 aromatic heterocycles. The third kappa shape index (κ3) is 5.56. The van der Waals surface area contributed by atoms with Crippen LogP contribution in [-0.4, -0.2) is 29.8 Å². The number of methoxy groups -OCH3 is 1. The SMILES string of the molecule is CCCc1ccc(OCC(=O)Nc2nnc(COC)s2)c(Br)c1. The Morgan fingerprint density at radius 2 is 2.22 bits per heavy atom. The molecular weight excluding hydrogens is 382 g/mol. The number of nitrogens with zero attached hydrogens (tertiary/aromatic N) is 2. The van der Waals surface area contributed by atoms with Gasteiger partial charge in [-0.15, -0.1) is 10.2 Å². The zero-order valence-corrected chi connectivity index (χ0v) is 15.4. The van der Waals surface area contributed by atoms with Gasteiger partial charge in [0.15, 0.2) is 6.61 Å². The highest BCUT2D eigenvalue weighted by Gasteiger charge is 2.10. The number of rotatable bonds is 8. The van der Waals surface area contributed by atoms with E-state index in [1.165, 1.54) is 16.9 Å². The third-order valence-electron chi connectivity index (χ3n) is 2.87. The summed E-state index contributed by atoms with van der Waals surface area (Å²) in [4.78, 5) is 11.9. The van der Waals surface area contributed by atoms with Gasteiger partial charge in [-0.1, -0.05) is 30.7 Å². The zero-order chi connectivity index (χ0) is 16.7. The van der Waals surface area contributed by atoms with Crippen LogP contribution in [0.5, 0.6) is 5.75 Å². The number of amides is 1. The van der Waals surface area contributed by atoms with Gasteiger partial charge in [-0.3, -0.25) is 10.1 Å². The number of hydrogen-bond donors (Lipinski definition) is 1. The van der Waals surface area contributed by atoms with E-state index in [1.54, 1.807) is 7.11 Å². The van der Waals surface area contributed by atoms with Gasteiger partial charge in [0.25, 0.3) is 5.91 Å². The van der Waals surface area contributed by atoms with Crippen LogP contribution in [0.2, 0.25) is 0 Å². The molecule has 0 aliphatic carbocycles. The minimum absolute atomic E-state index is 0.0923. The first kappa shape index (κ1) is 17.8. The third-order valence-corrected chi connectivity index (χ3v) is 4.31. The summed E-state index contributed by atoms with van der Waals surface area (Å²) in [6, 6.07) is 5.88. The molecule has 0 saturated carbocycles. The Hall–Kier alpha value is -1.51. The molecule has 0 radical (unpaired) electrons. The van der Waals surface area contributed by atoms with Crippen molar-refractivity contribution in [3.8, 4) is 5.75 Å². The van der Waals surface area contributed by atoms with Crippen LogP contribution in [0, 0.1) is 0 Å². The lowest BCUT2D eigenvalue weighted by atomic mass is 10.1. The lowest BCUT2D eigenvalue weighted by Gasteiger charge is -2.09. The van der Waals surface area contributed by atoms with Gasteiger partial charge in [-0.05, 0) is 40.0 Å². The molecule has 23 heavy (non-hydrogen) atoms. The standard InChI is InChI=1S/C15H18BrN3O3S/c1-3-4-10-5-6-12(11(16)7-10)22-8-13(20)17-15-19-18-14(23-15)9-21-2/h5-7H,3-4,8-9H2,1-2H3,(H,17,19,20). The van der Waals surface area contributed by atoms with Crippen LogP contribution < -0.4 is 10.1 Å². The summed E-state index contributed by atoms with van der Waals surface area (Å²) in [5.74, 6) is 0.354. The largest absolute Gasteiger partial charge is 0.483 e. The number of nitrogens with one attached hydrogen (secondary N) is 1. The van der Waals surface area contributed by atoms with Crippen molar-refractivity contribution in [2.45, 2.75) is 26.4 Å². The highest BCUT2D eigenvalue weighted by molar-refractivity contribution is 9.10. The van der Waals surface area contributed by atoms with Crippen molar-refractivity contribution >= 4 is 38.3 Å². The highest BCUT2D eigenvalue weighted by Crippen LogP contribution is 2.26. The second-order valence-corrected chi connectivity index (χ2v) is 6.70. The molecule has 0 atom stereocenters. The van der Waals surface area contributed by atoms with Crippen molar-refractivity contribution in [3.63, 3.8) is 0 Å². The number of halogens is 1. The van der Waals surface area contributed by atoms with Crippen LogP contribution in [0.4, 0.5) is 5.13 Å². The van der Waals surface area contributed by atoms with E-state index in [0.717, 1.165) is 17.3 Å². The number of carbonyl (C=O) groups is 1. The molecule has 6 nitrogen and oxygen atoms in total. The van der Waals surface area contributed by atoms with Crippen LogP contribution >= 0.6 is 27.3 Å². The van der Waals surface area contributed by atoms with Crippen molar-refractivity contribution in [2.75, 3.05) is 19.0 Å². The van der Waals surface area contributed by atoms with Gasteiger partial charge in [0.1, 0.15) is 17.4 Å². The van der Waals surface area contributed by atoms with Crippen LogP contribution in [0.25, 0.3) is 0 Å². The summed E-state index contributed by atoms with van der Waals surface area (Å²) in [7, 11) is 1.58. The summed E-state index contributed by atoms with van der Waals surface area (Å²) in [5.41, 5.74) is 1.23. The molecule has 0 aliphatic heterocycles. The van der Waals surface area contributed by atoms with Crippen LogP contribution in [0.1, 0.15) is 23.9 Å². The second-order valence-electron chi connectivity index (χ2n) is 4.79. The summed E-state index contributed by atoms with van der Waals surface area (Å²) in [6.45, 7) is 2.42. The fourth-order valence-corrected chi connectivity index (χ4v) is 3.16. The molecule has 8 heteroatoms. The minimum atomic E-state index is -0.283. The number of aromatic nitrogens is 2. The fraction of sp³-hybridized carbons (Fsp3) is 0.400. The average Bonchev–Trinajstić information content (AvgIpc) is 2.94. The van der Waals surface area contributed by atoms with E-state index in [2.05, 4.69) is 38.4 Å². The normalized spacial score (nSPS) is 10.6. The first-order valence-electron chi connectivity index (χ1n) is 7.14. The van der Waals surface area contributed by atoms with Gasteiger partial charge < -0.3 is 9.47 Å². The van der Waals surface area contributed by atoms with Crippen molar-refractivity contribution in [3.05, 3.63) is 33.2 Å². The maximum atomic E-state index is 11.9. The predicted molar refractivity (Wildman–Crippen MR) is 92.9 cm³/mol. The average molecular weight is 400 g/mol. The summed E-state index contributed by atoms with van der Waals surface area (Å²) in [6.07, 6.45) is 2.10. The lowest BCUT2D eigenvalue weighted by molar-refractivity contribution is -0.118. The molecule has 2 rings (SSSR count). The quantitative estimate of drug-likeness (QED) is 0.735. The van der Waals surface area contributed by atoms with Crippen molar-refractivity contribution < 1.29 is 14.3 Å². The number of hydrogen-bond acceptors (Lipinski definition) is 6. The molecule has 0 fully saturated rings. The van der Waals surface area contributed by atoms with Crippen molar-refractivity contribution in [1.29, 1.82) is 0 Å². The monoisotopic (exact) mass is 399 g/mol. The summed E-state index contributed by atoms with van der Waals surface area (Å²) in [5, 5.41) is 11.6. The Kier molecular flexibility index (Phi) is 6.94. The Labute approximate surface area is 147 Å². The number of aryl methyl sites for hydroxylation is 1. The molecule has 1 amide bonds. The molecule has 0 saturated heterocycles. The first-order valence-corrected chi connectivity index (χ1v) is 8.75. The zero-order valence-electron chi connectivity index (χ0n) is 13.0. The maximum Gasteiger partial charge on any atom is 0.264 e. The number of ether oxygens (including phenoxy) is 2. The van der Waals surface area contributed by atoms with E-state index in [4.69, 9.17) is 9.47 Å². The molecule has 0 aliphatic rings. The number of anilines is 1. The predicted octanol–water partition coefficient (Wildman–Crippen LogP) is 3.42. The van der Waals surface area contributed by atoms with Gasteiger partial charge in [0.2, 0.25) is 5.13 Å². The summed E-state index contributed by atoms with van der Waals surface area (Å²) < 4.78 is 11.3. The summed E-state index contributed by atoms with van der Waals surface area (Å²) >= 11 is 4.74. The Balaban J connectivity index is 1.86. The van der Waals surface area contributed by atoms with E-state index in [-0.39, 0.29) is 12.5 Å². The topological polar surface area (TPSA) is 73.3 Å². The van der Waals surface area contributed by atoms with Gasteiger partial charge >= 0.3 is 0 Å². The van der Waals surface area contributed by atoms with Crippen LogP contribution in [-0.2, 0) is 22.6 Å². The molecule has 1 N–H and O–H groups in total. The van der Waals surface area contributed by atoms with E-state index in [9.17, 15) is 4.79 Å². The van der Waals surface area contributed by atoms with Crippen LogP contribution in [0.3, 0.4) is 0 Å². The molecule has 2 aromatic rings. The number of benzene rings is 1. The Bertz CT molecular complexity index is 663. The van der Waals surface area contributed by atoms with Gasteiger partial charge in [-0.2, -0.15) is 0 Å². The van der Waals surface area contributed by atoms with Crippen molar-refractivity contribution in [1.82, 2.24) is 10.2 Å². The molecule has 0 spiro atoms. The van der Waals surface area contributed by atoms with Gasteiger partial charge in [0.05, 0.1) is 4.47 Å². The highest BCUT2D eigenvalue weighted by atomic mass is 79.9. The molecule has 0 unspecified atom stereocenters. The smallest absolute Gasteiger partial charge is 0.264 e. The van der Waals surface area contributed by atoms with E-state index < -0.39 is 0 Å². The van der Waals surface area contributed by atoms with E-state index in [1.807, 2.05) is 18.2 Å². The molecule has 124 valence electrons. The van der Waals surface area contributed by atoms with E-state index >= 15 is 0 Å². The second kappa shape index (κ2) is 8.95. The fourth-order valence-electron chi connectivity index (χ4n) is 1.89. The molecular formula is C15H18BrN3O3S. The molecule has 1 heterocycles. The van der Waals surface area contributed by atoms with Crippen molar-refractivity contribution in [2.24, 2.45) is 0 Å². The lowest BCUT2D eigenvalue weighted by Crippen LogP contribution is -2.20. The minimum Gasteiger partial charge on any atom is -0.483 e. The maximum absolute atomic E-state index is 11.9. The number of carbonyl (C=O) groups excluding carboxylic acids is 1. The van der Waals surface area contributed by atoms with Gasteiger partial charge in [-0.25, -0.2) is 0 Å². The van der Waals surface area contributed by atoms with Gasteiger partial charge in [0, 0.05) is 7.11 Å². The Morgan fingerprint density at radius 3 is 2.91 bits per heavy atom. The molecule has 0 bridgehead atoms. The first-order chi connectivity index (χ1) is 11.1. The molecule has 1 aromatic carbocycles.